The smallest absolute Gasteiger partial charge is 0.319 e. The maximum atomic E-state index is 12.6. The second kappa shape index (κ2) is 9.46. The van der Waals surface area contributed by atoms with E-state index in [0.29, 0.717) is 32.5 Å². The van der Waals surface area contributed by atoms with Gasteiger partial charge in [0, 0.05) is 38.8 Å². The predicted molar refractivity (Wildman–Crippen MR) is 104 cm³/mol. The molecule has 1 aliphatic rings. The molecule has 2 rings (SSSR count). The molecule has 26 heavy (non-hydrogen) atoms. The monoisotopic (exact) mass is 361 g/mol. The van der Waals surface area contributed by atoms with Crippen LogP contribution < -0.4 is 10.1 Å². The molecule has 0 radical (unpaired) electrons. The van der Waals surface area contributed by atoms with Gasteiger partial charge in [0.1, 0.15) is 5.75 Å². The summed E-state index contributed by atoms with van der Waals surface area (Å²) in [5, 5.41) is 3.03. The van der Waals surface area contributed by atoms with Crippen molar-refractivity contribution in [1.29, 1.82) is 0 Å². The van der Waals surface area contributed by atoms with Gasteiger partial charge < -0.3 is 19.9 Å². The molecule has 3 amide bonds. The number of urea groups is 1. The molecule has 0 aromatic heterocycles. The Morgan fingerprint density at radius 1 is 1.27 bits per heavy atom. The Hall–Kier alpha value is -2.24. The molecular formula is C20H31N3O3. The van der Waals surface area contributed by atoms with E-state index >= 15 is 0 Å². The number of benzene rings is 1. The molecule has 6 nitrogen and oxygen atoms in total. The minimum Gasteiger partial charge on any atom is -0.494 e. The number of unbranched alkanes of at least 4 members (excludes halogenated alkanes) is 1. The number of likely N-dealkylation sites (tertiary alicyclic amines) is 1. The molecule has 1 heterocycles. The number of anilines is 1. The number of hydrogen-bond donors (Lipinski definition) is 1. The average molecular weight is 361 g/mol. The third-order valence-corrected chi connectivity index (χ3v) is 4.74. The molecule has 1 aromatic carbocycles. The maximum Gasteiger partial charge on any atom is 0.319 e. The van der Waals surface area contributed by atoms with Gasteiger partial charge in [0.15, 0.2) is 0 Å². The van der Waals surface area contributed by atoms with Gasteiger partial charge in [-0.1, -0.05) is 13.3 Å². The van der Waals surface area contributed by atoms with Crippen LogP contribution >= 0.6 is 0 Å². The number of carbonyl (C=O) groups is 2. The van der Waals surface area contributed by atoms with Crippen molar-refractivity contribution in [2.75, 3.05) is 39.1 Å². The van der Waals surface area contributed by atoms with Crippen LogP contribution in [0.5, 0.6) is 5.75 Å². The first-order valence-electron chi connectivity index (χ1n) is 9.43. The Balaban J connectivity index is 1.87. The lowest BCUT2D eigenvalue weighted by molar-refractivity contribution is -0.121. The first kappa shape index (κ1) is 20.1. The van der Waals surface area contributed by atoms with Crippen LogP contribution in [-0.4, -0.2) is 55.5 Å². The normalized spacial score (nSPS) is 14.8. The molecule has 1 fully saturated rings. The molecule has 1 aromatic rings. The van der Waals surface area contributed by atoms with Crippen molar-refractivity contribution in [3.05, 3.63) is 23.8 Å². The van der Waals surface area contributed by atoms with Gasteiger partial charge in [-0.2, -0.15) is 0 Å². The number of amides is 3. The van der Waals surface area contributed by atoms with Gasteiger partial charge in [-0.15, -0.1) is 0 Å². The van der Waals surface area contributed by atoms with Crippen LogP contribution in [0.15, 0.2) is 18.2 Å². The number of nitrogens with one attached hydrogen (secondary N) is 1. The number of ether oxygens (including phenoxy) is 1. The summed E-state index contributed by atoms with van der Waals surface area (Å²) in [6, 6.07) is 5.78. The maximum absolute atomic E-state index is 12.6. The number of rotatable bonds is 6. The molecule has 144 valence electrons. The third kappa shape index (κ3) is 5.38. The quantitative estimate of drug-likeness (QED) is 0.789. The van der Waals surface area contributed by atoms with Crippen molar-refractivity contribution in [2.45, 2.75) is 39.5 Å². The molecule has 0 atom stereocenters. The third-order valence-electron chi connectivity index (χ3n) is 4.74. The van der Waals surface area contributed by atoms with Crippen LogP contribution in [0.1, 0.15) is 38.2 Å². The van der Waals surface area contributed by atoms with Gasteiger partial charge in [-0.3, -0.25) is 4.79 Å². The Morgan fingerprint density at radius 2 is 1.96 bits per heavy atom. The zero-order valence-electron chi connectivity index (χ0n) is 16.4. The molecule has 0 spiro atoms. The highest BCUT2D eigenvalue weighted by atomic mass is 16.5. The first-order valence-corrected chi connectivity index (χ1v) is 9.43. The highest BCUT2D eigenvalue weighted by Gasteiger charge is 2.28. The molecular weight excluding hydrogens is 330 g/mol. The number of aryl methyl sites for hydroxylation is 1. The fourth-order valence-corrected chi connectivity index (χ4v) is 3.05. The van der Waals surface area contributed by atoms with E-state index in [4.69, 9.17) is 4.74 Å². The molecule has 0 unspecified atom stereocenters. The Labute approximate surface area is 156 Å². The summed E-state index contributed by atoms with van der Waals surface area (Å²) in [4.78, 5) is 27.9. The molecule has 0 bridgehead atoms. The molecule has 1 saturated heterocycles. The van der Waals surface area contributed by atoms with Gasteiger partial charge >= 0.3 is 6.03 Å². The summed E-state index contributed by atoms with van der Waals surface area (Å²) in [5.41, 5.74) is 1.82. The van der Waals surface area contributed by atoms with Gasteiger partial charge in [-0.25, -0.2) is 4.79 Å². The van der Waals surface area contributed by atoms with E-state index in [0.717, 1.165) is 29.8 Å². The molecule has 1 N–H and O–H groups in total. The van der Waals surface area contributed by atoms with E-state index in [1.165, 1.54) is 0 Å². The fraction of sp³-hybridized carbons (Fsp3) is 0.600. The summed E-state index contributed by atoms with van der Waals surface area (Å²) in [7, 11) is 3.50. The second-order valence-electron chi connectivity index (χ2n) is 7.11. The zero-order valence-corrected chi connectivity index (χ0v) is 16.4. The lowest BCUT2D eigenvalue weighted by atomic mass is 9.96. The Kier molecular flexibility index (Phi) is 7.30. The fourth-order valence-electron chi connectivity index (χ4n) is 3.05. The molecule has 6 heteroatoms. The number of carbonyl (C=O) groups excluding carboxylic acids is 2. The van der Waals surface area contributed by atoms with Crippen molar-refractivity contribution >= 4 is 17.6 Å². The number of hydrogen-bond acceptors (Lipinski definition) is 3. The lowest BCUT2D eigenvalue weighted by Gasteiger charge is -2.33. The average Bonchev–Trinajstić information content (AvgIpc) is 2.63. The van der Waals surface area contributed by atoms with E-state index in [1.54, 1.807) is 23.9 Å². The minimum absolute atomic E-state index is 0.0124. The topological polar surface area (TPSA) is 61.9 Å². The van der Waals surface area contributed by atoms with E-state index in [2.05, 4.69) is 12.2 Å². The Morgan fingerprint density at radius 3 is 2.54 bits per heavy atom. The lowest BCUT2D eigenvalue weighted by Crippen LogP contribution is -2.45. The van der Waals surface area contributed by atoms with E-state index in [1.807, 2.05) is 25.1 Å². The van der Waals surface area contributed by atoms with Crippen LogP contribution in [0.4, 0.5) is 10.5 Å². The first-order chi connectivity index (χ1) is 12.4. The summed E-state index contributed by atoms with van der Waals surface area (Å²) >= 11 is 0. The standard InChI is InChI=1S/C20H31N3O3/c1-5-6-13-26-17-7-8-18(15(2)14-17)21-19(24)16-9-11-23(12-10-16)20(25)22(3)4/h7-8,14,16H,5-6,9-13H2,1-4H3,(H,21,24). The van der Waals surface area contributed by atoms with Crippen LogP contribution in [0.2, 0.25) is 0 Å². The van der Waals surface area contributed by atoms with E-state index in [9.17, 15) is 9.59 Å². The largest absolute Gasteiger partial charge is 0.494 e. The molecule has 0 saturated carbocycles. The molecule has 1 aliphatic heterocycles. The van der Waals surface area contributed by atoms with Gasteiger partial charge in [0.05, 0.1) is 6.61 Å². The van der Waals surface area contributed by atoms with Crippen LogP contribution in [0.25, 0.3) is 0 Å². The predicted octanol–water partition coefficient (Wildman–Crippen LogP) is 3.51. The molecule has 0 aliphatic carbocycles. The highest BCUT2D eigenvalue weighted by Crippen LogP contribution is 2.24. The SMILES string of the molecule is CCCCOc1ccc(NC(=O)C2CCN(C(=O)N(C)C)CC2)c(C)c1. The summed E-state index contributed by atoms with van der Waals surface area (Å²) in [6.45, 7) is 6.07. The van der Waals surface area contributed by atoms with Crippen molar-refractivity contribution < 1.29 is 14.3 Å². The van der Waals surface area contributed by atoms with Crippen molar-refractivity contribution in [1.82, 2.24) is 9.80 Å². The summed E-state index contributed by atoms with van der Waals surface area (Å²) in [6.07, 6.45) is 3.53. The number of nitrogens with zero attached hydrogens (tertiary/aromatic N) is 2. The summed E-state index contributed by atoms with van der Waals surface area (Å²) in [5.74, 6) is 0.815. The summed E-state index contributed by atoms with van der Waals surface area (Å²) < 4.78 is 5.70. The highest BCUT2D eigenvalue weighted by molar-refractivity contribution is 5.93. The second-order valence-corrected chi connectivity index (χ2v) is 7.11. The van der Waals surface area contributed by atoms with Gasteiger partial charge in [-0.05, 0) is 49.9 Å². The Bertz CT molecular complexity index is 623. The van der Waals surface area contributed by atoms with E-state index in [-0.39, 0.29) is 17.9 Å². The van der Waals surface area contributed by atoms with Crippen LogP contribution in [0.3, 0.4) is 0 Å². The van der Waals surface area contributed by atoms with Gasteiger partial charge in [0.25, 0.3) is 0 Å². The van der Waals surface area contributed by atoms with E-state index < -0.39 is 0 Å². The number of piperidine rings is 1. The van der Waals surface area contributed by atoms with Crippen molar-refractivity contribution in [2.24, 2.45) is 5.92 Å². The van der Waals surface area contributed by atoms with Gasteiger partial charge in [0.2, 0.25) is 5.91 Å². The minimum atomic E-state index is -0.0545. The van der Waals surface area contributed by atoms with Crippen molar-refractivity contribution in [3.63, 3.8) is 0 Å². The zero-order chi connectivity index (χ0) is 19.1. The van der Waals surface area contributed by atoms with Crippen LogP contribution in [0, 0.1) is 12.8 Å². The van der Waals surface area contributed by atoms with Crippen molar-refractivity contribution in [3.8, 4) is 5.75 Å². The van der Waals surface area contributed by atoms with Crippen LogP contribution in [-0.2, 0) is 4.79 Å².